The maximum atomic E-state index is 10.5. The lowest BCUT2D eigenvalue weighted by Crippen LogP contribution is -2.08. The van der Waals surface area contributed by atoms with Gasteiger partial charge < -0.3 is 9.47 Å². The third kappa shape index (κ3) is 5.46. The molecule has 0 aromatic heterocycles. The summed E-state index contributed by atoms with van der Waals surface area (Å²) in [5.41, 5.74) is 0. The van der Waals surface area contributed by atoms with E-state index in [9.17, 15) is 4.79 Å². The molecule has 0 fully saturated rings. The highest BCUT2D eigenvalue weighted by Gasteiger charge is 1.95. The second-order valence-corrected chi connectivity index (χ2v) is 1.65. The molecule has 0 unspecified atom stereocenters. The Kier molecular flexibility index (Phi) is 5.46. The minimum atomic E-state index is 0.104. The van der Waals surface area contributed by atoms with Crippen molar-refractivity contribution in [3.05, 3.63) is 0 Å². The maximum Gasteiger partial charge on any atom is 0.158 e. The van der Waals surface area contributed by atoms with Crippen molar-refractivity contribution < 1.29 is 14.3 Å². The van der Waals surface area contributed by atoms with Gasteiger partial charge >= 0.3 is 0 Å². The standard InChI is InChI=1S/C6H12O3/c1-3-6(7)4-9-5-8-2/h3-5H2,1-2H3. The number of hydrogen-bond acceptors (Lipinski definition) is 3. The molecule has 3 nitrogen and oxygen atoms in total. The van der Waals surface area contributed by atoms with E-state index in [1.807, 2.05) is 0 Å². The van der Waals surface area contributed by atoms with E-state index in [1.54, 1.807) is 6.92 Å². The summed E-state index contributed by atoms with van der Waals surface area (Å²) in [6, 6.07) is 0. The molecule has 0 radical (unpaired) electrons. The Balaban J connectivity index is 2.97. The lowest BCUT2D eigenvalue weighted by molar-refractivity contribution is -0.127. The molecule has 0 N–H and O–H groups in total. The Morgan fingerprint density at radius 3 is 2.67 bits per heavy atom. The van der Waals surface area contributed by atoms with Crippen LogP contribution in [-0.4, -0.2) is 26.3 Å². The second-order valence-electron chi connectivity index (χ2n) is 1.65. The van der Waals surface area contributed by atoms with Gasteiger partial charge in [0.05, 0.1) is 0 Å². The number of rotatable bonds is 5. The normalized spacial score (nSPS) is 9.56. The molecule has 0 spiro atoms. The molecule has 0 saturated carbocycles. The number of carbonyl (C=O) groups excluding carboxylic acids is 1. The molecular formula is C6H12O3. The van der Waals surface area contributed by atoms with Crippen LogP contribution in [0.3, 0.4) is 0 Å². The summed E-state index contributed by atoms with van der Waals surface area (Å²) in [6.45, 7) is 2.18. The second kappa shape index (κ2) is 5.72. The van der Waals surface area contributed by atoms with E-state index in [0.29, 0.717) is 6.42 Å². The van der Waals surface area contributed by atoms with Crippen LogP contribution in [0, 0.1) is 0 Å². The van der Waals surface area contributed by atoms with Crippen LogP contribution in [-0.2, 0) is 14.3 Å². The van der Waals surface area contributed by atoms with Gasteiger partial charge in [0.25, 0.3) is 0 Å². The van der Waals surface area contributed by atoms with Crippen molar-refractivity contribution in [2.45, 2.75) is 13.3 Å². The van der Waals surface area contributed by atoms with Gasteiger partial charge in [-0.2, -0.15) is 0 Å². The summed E-state index contributed by atoms with van der Waals surface area (Å²) in [6.07, 6.45) is 0.531. The van der Waals surface area contributed by atoms with Crippen molar-refractivity contribution >= 4 is 5.78 Å². The van der Waals surface area contributed by atoms with E-state index in [-0.39, 0.29) is 19.2 Å². The first-order valence-electron chi connectivity index (χ1n) is 2.89. The number of ketones is 1. The van der Waals surface area contributed by atoms with Crippen LogP contribution in [0.2, 0.25) is 0 Å². The number of hydrogen-bond donors (Lipinski definition) is 0. The zero-order chi connectivity index (χ0) is 7.11. The van der Waals surface area contributed by atoms with E-state index in [1.165, 1.54) is 7.11 Å². The summed E-state index contributed by atoms with van der Waals surface area (Å²) in [5.74, 6) is 0.104. The first kappa shape index (κ1) is 8.59. The van der Waals surface area contributed by atoms with Crippen LogP contribution < -0.4 is 0 Å². The molecule has 0 aromatic rings. The molecule has 0 heterocycles. The summed E-state index contributed by atoms with van der Waals surface area (Å²) in [7, 11) is 1.52. The highest BCUT2D eigenvalue weighted by molar-refractivity contribution is 5.79. The van der Waals surface area contributed by atoms with Crippen LogP contribution in [0.15, 0.2) is 0 Å². The molecule has 0 atom stereocenters. The number of carbonyl (C=O) groups is 1. The van der Waals surface area contributed by atoms with Crippen molar-refractivity contribution in [1.82, 2.24) is 0 Å². The molecule has 54 valence electrons. The van der Waals surface area contributed by atoms with Gasteiger partial charge in [0, 0.05) is 13.5 Å². The Morgan fingerprint density at radius 2 is 2.22 bits per heavy atom. The van der Waals surface area contributed by atoms with E-state index < -0.39 is 0 Å². The molecule has 0 aliphatic carbocycles. The van der Waals surface area contributed by atoms with E-state index in [2.05, 4.69) is 4.74 Å². The Hall–Kier alpha value is -0.410. The van der Waals surface area contributed by atoms with Gasteiger partial charge in [0.15, 0.2) is 5.78 Å². The molecule has 0 rings (SSSR count). The average Bonchev–Trinajstić information content (AvgIpc) is 1.89. The van der Waals surface area contributed by atoms with Gasteiger partial charge in [-0.25, -0.2) is 0 Å². The first-order valence-corrected chi connectivity index (χ1v) is 2.89. The average molecular weight is 132 g/mol. The van der Waals surface area contributed by atoms with Gasteiger partial charge in [-0.1, -0.05) is 6.92 Å². The summed E-state index contributed by atoms with van der Waals surface area (Å²) in [5, 5.41) is 0. The Bertz CT molecular complexity index is 80.4. The van der Waals surface area contributed by atoms with E-state index in [0.717, 1.165) is 0 Å². The third-order valence-corrected chi connectivity index (χ3v) is 0.859. The topological polar surface area (TPSA) is 35.5 Å². The van der Waals surface area contributed by atoms with Crippen LogP contribution >= 0.6 is 0 Å². The Labute approximate surface area is 55.0 Å². The largest absolute Gasteiger partial charge is 0.359 e. The molecule has 3 heteroatoms. The van der Waals surface area contributed by atoms with Gasteiger partial charge in [-0.15, -0.1) is 0 Å². The summed E-state index contributed by atoms with van der Waals surface area (Å²) in [4.78, 5) is 10.5. The van der Waals surface area contributed by atoms with Gasteiger partial charge in [0.2, 0.25) is 0 Å². The molecular weight excluding hydrogens is 120 g/mol. The molecule has 9 heavy (non-hydrogen) atoms. The molecule has 0 aliphatic rings. The van der Waals surface area contributed by atoms with Crippen molar-refractivity contribution in [3.63, 3.8) is 0 Å². The summed E-state index contributed by atoms with van der Waals surface area (Å²) < 4.78 is 9.33. The number of Topliss-reactive ketones (excluding diaryl/α,β-unsaturated/α-hetero) is 1. The van der Waals surface area contributed by atoms with Crippen molar-refractivity contribution in [3.8, 4) is 0 Å². The molecule has 0 aromatic carbocycles. The highest BCUT2D eigenvalue weighted by Crippen LogP contribution is 1.82. The summed E-state index contributed by atoms with van der Waals surface area (Å²) >= 11 is 0. The SMILES string of the molecule is CCC(=O)COCOC. The minimum Gasteiger partial charge on any atom is -0.359 e. The van der Waals surface area contributed by atoms with Crippen LogP contribution in [0.1, 0.15) is 13.3 Å². The quantitative estimate of drug-likeness (QED) is 0.405. The molecule has 0 amide bonds. The lowest BCUT2D eigenvalue weighted by atomic mass is 10.3. The highest BCUT2D eigenvalue weighted by atomic mass is 16.7. The zero-order valence-corrected chi connectivity index (χ0v) is 5.85. The van der Waals surface area contributed by atoms with Gasteiger partial charge in [-0.05, 0) is 0 Å². The van der Waals surface area contributed by atoms with Crippen molar-refractivity contribution in [1.29, 1.82) is 0 Å². The first-order chi connectivity index (χ1) is 4.31. The fourth-order valence-electron chi connectivity index (χ4n) is 0.341. The van der Waals surface area contributed by atoms with Crippen LogP contribution in [0.5, 0.6) is 0 Å². The fourth-order valence-corrected chi connectivity index (χ4v) is 0.341. The minimum absolute atomic E-state index is 0.104. The van der Waals surface area contributed by atoms with Crippen LogP contribution in [0.4, 0.5) is 0 Å². The zero-order valence-electron chi connectivity index (χ0n) is 5.85. The fraction of sp³-hybridized carbons (Fsp3) is 0.833. The van der Waals surface area contributed by atoms with Crippen LogP contribution in [0.25, 0.3) is 0 Å². The molecule has 0 bridgehead atoms. The van der Waals surface area contributed by atoms with E-state index in [4.69, 9.17) is 4.74 Å². The maximum absolute atomic E-state index is 10.5. The molecule has 0 aliphatic heterocycles. The van der Waals surface area contributed by atoms with Gasteiger partial charge in [-0.3, -0.25) is 4.79 Å². The number of ether oxygens (including phenoxy) is 2. The van der Waals surface area contributed by atoms with E-state index >= 15 is 0 Å². The predicted molar refractivity (Wildman–Crippen MR) is 33.1 cm³/mol. The lowest BCUT2D eigenvalue weighted by Gasteiger charge is -1.98. The predicted octanol–water partition coefficient (Wildman–Crippen LogP) is 0.586. The third-order valence-electron chi connectivity index (χ3n) is 0.859. The van der Waals surface area contributed by atoms with Crippen molar-refractivity contribution in [2.75, 3.05) is 20.5 Å². The monoisotopic (exact) mass is 132 g/mol. The smallest absolute Gasteiger partial charge is 0.158 e. The molecule has 0 saturated heterocycles. The van der Waals surface area contributed by atoms with Gasteiger partial charge in [0.1, 0.15) is 13.4 Å². The number of methoxy groups -OCH3 is 1. The van der Waals surface area contributed by atoms with Crippen molar-refractivity contribution in [2.24, 2.45) is 0 Å². The Morgan fingerprint density at radius 1 is 1.56 bits per heavy atom.